The van der Waals surface area contributed by atoms with Gasteiger partial charge in [0.2, 0.25) is 0 Å². The molecule has 0 spiro atoms. The van der Waals surface area contributed by atoms with Crippen LogP contribution in [0, 0.1) is 0 Å². The zero-order valence-corrected chi connectivity index (χ0v) is 11.8. The first-order chi connectivity index (χ1) is 9.31. The van der Waals surface area contributed by atoms with Gasteiger partial charge in [-0.1, -0.05) is 11.6 Å². The fraction of sp³-hybridized carbons (Fsp3) is 0.0909. The molecular weight excluding hydrogens is 306 g/mol. The Morgan fingerprint density at radius 2 is 2.10 bits per heavy atom. The van der Waals surface area contributed by atoms with Crippen molar-refractivity contribution in [2.75, 3.05) is 4.72 Å². The molecule has 0 saturated heterocycles. The average Bonchev–Trinajstić information content (AvgIpc) is 2.74. The van der Waals surface area contributed by atoms with Crippen LogP contribution >= 0.6 is 11.6 Å². The molecule has 2 N–H and O–H groups in total. The predicted molar refractivity (Wildman–Crippen MR) is 72.4 cm³/mol. The first-order valence-electron chi connectivity index (χ1n) is 5.35. The van der Waals surface area contributed by atoms with E-state index in [4.69, 9.17) is 16.7 Å². The molecule has 20 heavy (non-hydrogen) atoms. The summed E-state index contributed by atoms with van der Waals surface area (Å²) in [5.41, 5.74) is -0.167. The molecule has 0 saturated carbocycles. The fourth-order valence-electron chi connectivity index (χ4n) is 1.51. The minimum absolute atomic E-state index is 0.0651. The second-order valence-electron chi connectivity index (χ2n) is 3.90. The molecule has 9 heteroatoms. The van der Waals surface area contributed by atoms with E-state index in [0.717, 1.165) is 6.07 Å². The number of aromatic nitrogens is 2. The second kappa shape index (κ2) is 5.14. The van der Waals surface area contributed by atoms with E-state index in [1.807, 2.05) is 0 Å². The molecule has 106 valence electrons. The molecule has 7 nitrogen and oxygen atoms in total. The number of anilines is 1. The number of nitrogens with zero attached hydrogens (tertiary/aromatic N) is 2. The highest BCUT2D eigenvalue weighted by molar-refractivity contribution is 7.92. The quantitative estimate of drug-likeness (QED) is 0.891. The van der Waals surface area contributed by atoms with Gasteiger partial charge in [-0.05, 0) is 18.2 Å². The summed E-state index contributed by atoms with van der Waals surface area (Å²) in [6.45, 7) is 0. The summed E-state index contributed by atoms with van der Waals surface area (Å²) < 4.78 is 28.0. The highest BCUT2D eigenvalue weighted by Gasteiger charge is 2.21. The first-order valence-corrected chi connectivity index (χ1v) is 7.21. The van der Waals surface area contributed by atoms with Crippen LogP contribution in [0.25, 0.3) is 0 Å². The molecule has 0 aliphatic heterocycles. The fourth-order valence-corrected chi connectivity index (χ4v) is 3.12. The Morgan fingerprint density at radius 1 is 1.40 bits per heavy atom. The maximum Gasteiger partial charge on any atom is 0.335 e. The van der Waals surface area contributed by atoms with Crippen molar-refractivity contribution >= 4 is 33.4 Å². The van der Waals surface area contributed by atoms with E-state index >= 15 is 0 Å². The lowest BCUT2D eigenvalue weighted by atomic mass is 10.2. The number of carbonyl (C=O) groups is 1. The van der Waals surface area contributed by atoms with Crippen LogP contribution in [0.4, 0.5) is 5.82 Å². The molecule has 2 aromatic rings. The first kappa shape index (κ1) is 14.4. The molecule has 0 aliphatic carbocycles. The lowest BCUT2D eigenvalue weighted by Gasteiger charge is -2.10. The summed E-state index contributed by atoms with van der Waals surface area (Å²) in [5, 5.41) is 12.7. The summed E-state index contributed by atoms with van der Waals surface area (Å²) in [5.74, 6) is -1.000. The van der Waals surface area contributed by atoms with Gasteiger partial charge in [-0.15, -0.1) is 0 Å². The molecule has 0 bridgehead atoms. The van der Waals surface area contributed by atoms with Crippen molar-refractivity contribution in [2.45, 2.75) is 4.90 Å². The van der Waals surface area contributed by atoms with Gasteiger partial charge in [0.25, 0.3) is 10.0 Å². The van der Waals surface area contributed by atoms with Gasteiger partial charge in [0.05, 0.1) is 16.8 Å². The highest BCUT2D eigenvalue weighted by atomic mass is 35.5. The standard InChI is InChI=1S/C11H10ClN3O4S/c1-15-10(4-5-13-15)14-20(18,19)9-6-7(11(16)17)2-3-8(9)12/h2-6,14H,1H3,(H,16,17). The van der Waals surface area contributed by atoms with E-state index in [1.54, 1.807) is 7.05 Å². The van der Waals surface area contributed by atoms with Gasteiger partial charge >= 0.3 is 5.97 Å². The topological polar surface area (TPSA) is 101 Å². The van der Waals surface area contributed by atoms with Gasteiger partial charge < -0.3 is 5.11 Å². The number of benzene rings is 1. The number of hydrogen-bond acceptors (Lipinski definition) is 4. The molecule has 1 aromatic heterocycles. The number of rotatable bonds is 4. The number of aryl methyl sites for hydroxylation is 1. The van der Waals surface area contributed by atoms with Crippen LogP contribution in [0.15, 0.2) is 35.4 Å². The SMILES string of the molecule is Cn1nccc1NS(=O)(=O)c1cc(C(=O)O)ccc1Cl. The molecule has 0 amide bonds. The van der Waals surface area contributed by atoms with Crippen LogP contribution in [-0.4, -0.2) is 29.3 Å². The van der Waals surface area contributed by atoms with Crippen molar-refractivity contribution in [3.63, 3.8) is 0 Å². The third-order valence-corrected chi connectivity index (χ3v) is 4.36. The van der Waals surface area contributed by atoms with Gasteiger partial charge in [0, 0.05) is 13.1 Å². The van der Waals surface area contributed by atoms with Gasteiger partial charge in [0.1, 0.15) is 10.7 Å². The normalized spacial score (nSPS) is 11.3. The van der Waals surface area contributed by atoms with Crippen LogP contribution in [-0.2, 0) is 17.1 Å². The molecule has 1 aromatic carbocycles. The van der Waals surface area contributed by atoms with Crippen LogP contribution in [0.3, 0.4) is 0 Å². The van der Waals surface area contributed by atoms with E-state index < -0.39 is 16.0 Å². The minimum atomic E-state index is -4.00. The van der Waals surface area contributed by atoms with Gasteiger partial charge in [-0.3, -0.25) is 9.40 Å². The highest BCUT2D eigenvalue weighted by Crippen LogP contribution is 2.24. The third kappa shape index (κ3) is 2.75. The van der Waals surface area contributed by atoms with Gasteiger partial charge in [-0.2, -0.15) is 5.10 Å². The van der Waals surface area contributed by atoms with Crippen molar-refractivity contribution in [3.8, 4) is 0 Å². The van der Waals surface area contributed by atoms with E-state index in [0.29, 0.717) is 0 Å². The smallest absolute Gasteiger partial charge is 0.335 e. The largest absolute Gasteiger partial charge is 0.478 e. The van der Waals surface area contributed by atoms with Crippen molar-refractivity contribution < 1.29 is 18.3 Å². The number of carboxylic acids is 1. The minimum Gasteiger partial charge on any atom is -0.478 e. The summed E-state index contributed by atoms with van der Waals surface area (Å²) in [4.78, 5) is 10.6. The predicted octanol–water partition coefficient (Wildman–Crippen LogP) is 1.57. The van der Waals surface area contributed by atoms with Crippen LogP contribution in [0.5, 0.6) is 0 Å². The number of sulfonamides is 1. The lowest BCUT2D eigenvalue weighted by Crippen LogP contribution is -2.16. The molecule has 1 heterocycles. The molecule has 0 unspecified atom stereocenters. The van der Waals surface area contributed by atoms with E-state index in [9.17, 15) is 13.2 Å². The molecule has 0 aliphatic rings. The summed E-state index contributed by atoms with van der Waals surface area (Å²) in [7, 11) is -2.44. The van der Waals surface area contributed by atoms with E-state index in [2.05, 4.69) is 9.82 Å². The maximum atomic E-state index is 12.2. The third-order valence-electron chi connectivity index (χ3n) is 2.53. The van der Waals surface area contributed by atoms with Crippen LogP contribution in [0.1, 0.15) is 10.4 Å². The van der Waals surface area contributed by atoms with Gasteiger partial charge in [-0.25, -0.2) is 13.2 Å². The summed E-state index contributed by atoms with van der Waals surface area (Å²) >= 11 is 5.83. The Hall–Kier alpha value is -2.06. The number of nitrogens with one attached hydrogen (secondary N) is 1. The monoisotopic (exact) mass is 315 g/mol. The Morgan fingerprint density at radius 3 is 2.65 bits per heavy atom. The van der Waals surface area contributed by atoms with E-state index in [-0.39, 0.29) is 21.3 Å². The number of aromatic carboxylic acids is 1. The number of carboxylic acid groups (broad SMARTS) is 1. The molecule has 0 radical (unpaired) electrons. The Kier molecular flexibility index (Phi) is 3.69. The van der Waals surface area contributed by atoms with Crippen molar-refractivity contribution in [3.05, 3.63) is 41.0 Å². The second-order valence-corrected chi connectivity index (χ2v) is 5.95. The zero-order valence-electron chi connectivity index (χ0n) is 10.2. The lowest BCUT2D eigenvalue weighted by molar-refractivity contribution is 0.0696. The Labute approximate surface area is 119 Å². The summed E-state index contributed by atoms with van der Waals surface area (Å²) in [6, 6.07) is 4.92. The van der Waals surface area contributed by atoms with Crippen LogP contribution in [0.2, 0.25) is 5.02 Å². The van der Waals surface area contributed by atoms with Crippen LogP contribution < -0.4 is 4.72 Å². The van der Waals surface area contributed by atoms with Crippen molar-refractivity contribution in [2.24, 2.45) is 7.05 Å². The van der Waals surface area contributed by atoms with E-state index in [1.165, 1.54) is 29.1 Å². The maximum absolute atomic E-state index is 12.2. The number of halogens is 1. The Balaban J connectivity index is 2.46. The van der Waals surface area contributed by atoms with Crippen molar-refractivity contribution in [1.29, 1.82) is 0 Å². The Bertz CT molecular complexity index is 770. The summed E-state index contributed by atoms with van der Waals surface area (Å²) in [6.07, 6.45) is 1.42. The van der Waals surface area contributed by atoms with Crippen molar-refractivity contribution in [1.82, 2.24) is 9.78 Å². The number of hydrogen-bond donors (Lipinski definition) is 2. The molecular formula is C11H10ClN3O4S. The zero-order chi connectivity index (χ0) is 14.9. The van der Waals surface area contributed by atoms with Gasteiger partial charge in [0.15, 0.2) is 0 Å². The molecule has 2 rings (SSSR count). The average molecular weight is 316 g/mol. The molecule has 0 atom stereocenters. The molecule has 0 fully saturated rings.